The quantitative estimate of drug-likeness (QED) is 0.334. The molecule has 0 heteroatoms. The topological polar surface area (TPSA) is 0 Å². The minimum atomic E-state index is 0.976. The van der Waals surface area contributed by atoms with E-state index in [-0.39, 0.29) is 0 Å². The highest BCUT2D eigenvalue weighted by Gasteiger charge is 2.47. The van der Waals surface area contributed by atoms with Crippen LogP contribution in [0.3, 0.4) is 0 Å². The van der Waals surface area contributed by atoms with E-state index >= 15 is 0 Å². The Hall–Kier alpha value is 0. The number of hydrogen-bond donors (Lipinski definition) is 0. The minimum absolute atomic E-state index is 0.976. The summed E-state index contributed by atoms with van der Waals surface area (Å²) in [6.07, 6.45) is 30.5. The summed E-state index contributed by atoms with van der Waals surface area (Å²) in [5, 5.41) is 0. The molecule has 5 rings (SSSR count). The van der Waals surface area contributed by atoms with Crippen LogP contribution in [0.2, 0.25) is 0 Å². The van der Waals surface area contributed by atoms with Crippen LogP contribution in [-0.2, 0) is 0 Å². The summed E-state index contributed by atoms with van der Waals surface area (Å²) in [5.41, 5.74) is 0. The molecular formula is C38H70. The van der Waals surface area contributed by atoms with Crippen LogP contribution in [-0.4, -0.2) is 0 Å². The third kappa shape index (κ3) is 7.84. The van der Waals surface area contributed by atoms with Crippen molar-refractivity contribution in [3.63, 3.8) is 0 Å². The normalized spacial score (nSPS) is 44.8. The van der Waals surface area contributed by atoms with E-state index in [4.69, 9.17) is 0 Å². The van der Waals surface area contributed by atoms with E-state index in [1.807, 2.05) is 0 Å². The summed E-state index contributed by atoms with van der Waals surface area (Å²) in [4.78, 5) is 0. The van der Waals surface area contributed by atoms with Crippen LogP contribution in [0, 0.1) is 71.0 Å². The molecular weight excluding hydrogens is 456 g/mol. The molecule has 0 radical (unpaired) electrons. The SMILES string of the molecule is CC1CCC(C2C(C)CC(C)C2C)CC1.CCCCC1C(C)CC2CCCC2C1C1CCCCCCCC1. The Kier molecular flexibility index (Phi) is 12.5. The monoisotopic (exact) mass is 527 g/mol. The molecule has 0 saturated heterocycles. The molecule has 38 heavy (non-hydrogen) atoms. The van der Waals surface area contributed by atoms with Gasteiger partial charge in [-0.2, -0.15) is 0 Å². The summed E-state index contributed by atoms with van der Waals surface area (Å²) in [7, 11) is 0. The third-order valence-electron chi connectivity index (χ3n) is 13.5. The van der Waals surface area contributed by atoms with Crippen molar-refractivity contribution in [1.29, 1.82) is 0 Å². The van der Waals surface area contributed by atoms with Gasteiger partial charge in [-0.15, -0.1) is 0 Å². The van der Waals surface area contributed by atoms with Crippen LogP contribution < -0.4 is 0 Å². The highest BCUT2D eigenvalue weighted by Crippen LogP contribution is 2.55. The number of fused-ring (bicyclic) bond motifs is 1. The number of rotatable bonds is 5. The standard InChI is InChI=1S/C23H42.C15H28/c1-3-4-15-21-18(2)17-20-14-11-16-22(20)23(21)19-12-9-7-5-6-8-10-13-19;1-10-5-7-14(8-6-10)15-12(3)9-11(2)13(15)4/h18-23H,3-17H2,1-2H3;10-15H,5-9H2,1-4H3. The van der Waals surface area contributed by atoms with Crippen molar-refractivity contribution in [3.8, 4) is 0 Å². The first-order valence-corrected chi connectivity index (χ1v) is 18.4. The smallest absolute Gasteiger partial charge is 0.0324 e. The van der Waals surface area contributed by atoms with Gasteiger partial charge in [0.15, 0.2) is 0 Å². The first-order chi connectivity index (χ1) is 18.4. The maximum absolute atomic E-state index is 2.62. The van der Waals surface area contributed by atoms with E-state index in [1.54, 1.807) is 44.9 Å². The van der Waals surface area contributed by atoms with Crippen molar-refractivity contribution in [1.82, 2.24) is 0 Å². The second-order valence-electron chi connectivity index (χ2n) is 16.1. The first kappa shape index (κ1) is 30.9. The molecule has 9 unspecified atom stereocenters. The van der Waals surface area contributed by atoms with Gasteiger partial charge in [-0.25, -0.2) is 0 Å². The summed E-state index contributed by atoms with van der Waals surface area (Å²) in [6, 6.07) is 0. The van der Waals surface area contributed by atoms with E-state index in [9.17, 15) is 0 Å². The maximum atomic E-state index is 2.62. The summed E-state index contributed by atoms with van der Waals surface area (Å²) < 4.78 is 0. The fourth-order valence-electron chi connectivity index (χ4n) is 11.3. The Labute approximate surface area is 240 Å². The molecule has 0 heterocycles. The zero-order valence-electron chi connectivity index (χ0n) is 27.1. The fraction of sp³-hybridized carbons (Fsp3) is 1.00. The van der Waals surface area contributed by atoms with Crippen LogP contribution in [0.1, 0.15) is 170 Å². The molecule has 0 bridgehead atoms. The van der Waals surface area contributed by atoms with Gasteiger partial charge in [0.25, 0.3) is 0 Å². The molecule has 0 nitrogen and oxygen atoms in total. The Morgan fingerprint density at radius 2 is 1.11 bits per heavy atom. The van der Waals surface area contributed by atoms with Crippen molar-refractivity contribution >= 4 is 0 Å². The average Bonchev–Trinajstić information content (AvgIpc) is 3.50. The molecule has 5 aliphatic carbocycles. The van der Waals surface area contributed by atoms with Crippen molar-refractivity contribution in [2.45, 2.75) is 170 Å². The van der Waals surface area contributed by atoms with E-state index in [1.165, 1.54) is 83.5 Å². The van der Waals surface area contributed by atoms with Crippen LogP contribution in [0.5, 0.6) is 0 Å². The highest BCUT2D eigenvalue weighted by atomic mass is 14.5. The van der Waals surface area contributed by atoms with Gasteiger partial charge in [0.05, 0.1) is 0 Å². The molecule has 0 aromatic heterocycles. The molecule has 0 aromatic rings. The summed E-state index contributed by atoms with van der Waals surface area (Å²) >= 11 is 0. The van der Waals surface area contributed by atoms with Gasteiger partial charge >= 0.3 is 0 Å². The summed E-state index contributed by atoms with van der Waals surface area (Å²) in [5.74, 6) is 12.6. The Morgan fingerprint density at radius 1 is 0.500 bits per heavy atom. The van der Waals surface area contributed by atoms with E-state index in [0.717, 1.165) is 71.0 Å². The largest absolute Gasteiger partial charge is 0.0654 e. The first-order valence-electron chi connectivity index (χ1n) is 18.4. The maximum Gasteiger partial charge on any atom is -0.0324 e. The van der Waals surface area contributed by atoms with Crippen molar-refractivity contribution in [3.05, 3.63) is 0 Å². The van der Waals surface area contributed by atoms with Crippen LogP contribution in [0.15, 0.2) is 0 Å². The van der Waals surface area contributed by atoms with Crippen LogP contribution in [0.25, 0.3) is 0 Å². The lowest BCUT2D eigenvalue weighted by Crippen LogP contribution is -2.41. The van der Waals surface area contributed by atoms with Gasteiger partial charge in [0, 0.05) is 0 Å². The third-order valence-corrected chi connectivity index (χ3v) is 13.5. The molecule has 5 fully saturated rings. The van der Waals surface area contributed by atoms with E-state index in [0.29, 0.717) is 0 Å². The zero-order chi connectivity index (χ0) is 27.1. The van der Waals surface area contributed by atoms with Gasteiger partial charge in [-0.1, -0.05) is 131 Å². The Bertz CT molecular complexity index is 632. The average molecular weight is 527 g/mol. The Morgan fingerprint density at radius 3 is 1.71 bits per heavy atom. The summed E-state index contributed by atoms with van der Waals surface area (Å²) in [6.45, 7) is 14.9. The van der Waals surface area contributed by atoms with Gasteiger partial charge in [0.2, 0.25) is 0 Å². The lowest BCUT2D eigenvalue weighted by atomic mass is 9.57. The minimum Gasteiger partial charge on any atom is -0.0654 e. The second-order valence-corrected chi connectivity index (χ2v) is 16.1. The predicted octanol–water partition coefficient (Wildman–Crippen LogP) is 12.4. The van der Waals surface area contributed by atoms with Gasteiger partial charge < -0.3 is 0 Å². The second kappa shape index (κ2) is 15.3. The van der Waals surface area contributed by atoms with E-state index in [2.05, 4.69) is 41.5 Å². The van der Waals surface area contributed by atoms with Crippen molar-refractivity contribution in [2.75, 3.05) is 0 Å². The van der Waals surface area contributed by atoms with Gasteiger partial charge in [-0.05, 0) is 110 Å². The molecule has 222 valence electrons. The molecule has 0 amide bonds. The van der Waals surface area contributed by atoms with Gasteiger partial charge in [0.1, 0.15) is 0 Å². The highest BCUT2D eigenvalue weighted by molar-refractivity contribution is 4.96. The van der Waals surface area contributed by atoms with E-state index < -0.39 is 0 Å². The van der Waals surface area contributed by atoms with Crippen molar-refractivity contribution < 1.29 is 0 Å². The number of hydrogen-bond acceptors (Lipinski definition) is 0. The molecule has 0 aliphatic heterocycles. The molecule has 0 N–H and O–H groups in total. The lowest BCUT2D eigenvalue weighted by molar-refractivity contribution is 0.00764. The fourth-order valence-corrected chi connectivity index (χ4v) is 11.3. The van der Waals surface area contributed by atoms with Gasteiger partial charge in [-0.3, -0.25) is 0 Å². The lowest BCUT2D eigenvalue weighted by Gasteiger charge is -2.48. The molecule has 5 saturated carbocycles. The predicted molar refractivity (Wildman–Crippen MR) is 168 cm³/mol. The van der Waals surface area contributed by atoms with Crippen LogP contribution in [0.4, 0.5) is 0 Å². The number of unbranched alkanes of at least 4 members (excludes halogenated alkanes) is 1. The Balaban J connectivity index is 0.000000194. The molecule has 0 aromatic carbocycles. The zero-order valence-corrected chi connectivity index (χ0v) is 27.1. The molecule has 9 atom stereocenters. The molecule has 5 aliphatic rings. The van der Waals surface area contributed by atoms with Crippen molar-refractivity contribution in [2.24, 2.45) is 71.0 Å². The van der Waals surface area contributed by atoms with Crippen LogP contribution >= 0.6 is 0 Å². The molecule has 0 spiro atoms.